The number of hydrogen-bond acceptors (Lipinski definition) is 5. The van der Waals surface area contributed by atoms with E-state index in [1.165, 1.54) is 18.7 Å². The van der Waals surface area contributed by atoms with Crippen molar-refractivity contribution in [3.8, 4) is 0 Å². The molecule has 0 aromatic heterocycles. The molecule has 0 saturated carbocycles. The van der Waals surface area contributed by atoms with Crippen LogP contribution in [0.25, 0.3) is 0 Å². The summed E-state index contributed by atoms with van der Waals surface area (Å²) in [7, 11) is 0. The molecular weight excluding hydrogens is 338 g/mol. The first-order chi connectivity index (χ1) is 12.0. The van der Waals surface area contributed by atoms with Crippen molar-refractivity contribution < 1.29 is 19.1 Å². The fourth-order valence-electron chi connectivity index (χ4n) is 2.02. The Bertz CT molecular complexity index is 761. The number of benzene rings is 2. The monoisotopic (exact) mass is 357 g/mol. The fraction of sp³-hybridized carbons (Fsp3) is 0.211. The topological polar surface area (TPSA) is 72.5 Å². The van der Waals surface area contributed by atoms with E-state index in [0.717, 1.165) is 4.90 Å². The molecule has 0 aliphatic rings. The molecule has 0 heterocycles. The minimum absolute atomic E-state index is 0.0886. The number of nitrogens with one attached hydrogen (secondary N) is 1. The highest BCUT2D eigenvalue weighted by Gasteiger charge is 2.17. The molecule has 1 unspecified atom stereocenters. The first-order valence-corrected chi connectivity index (χ1v) is 8.63. The Morgan fingerprint density at radius 1 is 1.08 bits per heavy atom. The fourth-order valence-corrected chi connectivity index (χ4v) is 2.91. The van der Waals surface area contributed by atoms with Gasteiger partial charge in [0.15, 0.2) is 12.4 Å². The largest absolute Gasteiger partial charge is 0.455 e. The summed E-state index contributed by atoms with van der Waals surface area (Å²) in [5, 5.41) is 2.19. The van der Waals surface area contributed by atoms with E-state index in [2.05, 4.69) is 5.32 Å². The zero-order valence-electron chi connectivity index (χ0n) is 14.0. The number of anilines is 1. The molecule has 0 spiro atoms. The second-order valence-electron chi connectivity index (χ2n) is 5.37. The van der Waals surface area contributed by atoms with E-state index in [4.69, 9.17) is 4.74 Å². The zero-order chi connectivity index (χ0) is 18.2. The normalized spacial score (nSPS) is 11.4. The lowest BCUT2D eigenvalue weighted by atomic mass is 10.1. The molecule has 1 N–H and O–H groups in total. The van der Waals surface area contributed by atoms with E-state index in [-0.39, 0.29) is 12.4 Å². The summed E-state index contributed by atoms with van der Waals surface area (Å²) in [6.07, 6.45) is 0. The van der Waals surface area contributed by atoms with Gasteiger partial charge in [-0.05, 0) is 38.1 Å². The van der Waals surface area contributed by atoms with Crippen LogP contribution >= 0.6 is 11.8 Å². The van der Waals surface area contributed by atoms with E-state index in [1.807, 2.05) is 30.3 Å². The molecule has 2 aromatic carbocycles. The number of carbonyl (C=O) groups is 3. The molecule has 2 rings (SSSR count). The summed E-state index contributed by atoms with van der Waals surface area (Å²) >= 11 is 1.37. The minimum atomic E-state index is -0.457. The maximum atomic E-state index is 12.0. The van der Waals surface area contributed by atoms with Gasteiger partial charge in [0, 0.05) is 16.1 Å². The molecule has 0 radical (unpaired) electrons. The van der Waals surface area contributed by atoms with Crippen molar-refractivity contribution in [2.45, 2.75) is 24.0 Å². The number of esters is 1. The van der Waals surface area contributed by atoms with Crippen LogP contribution in [0.3, 0.4) is 0 Å². The zero-order valence-corrected chi connectivity index (χ0v) is 14.8. The van der Waals surface area contributed by atoms with Crippen LogP contribution in [0.15, 0.2) is 59.5 Å². The van der Waals surface area contributed by atoms with Gasteiger partial charge < -0.3 is 10.1 Å². The number of Topliss-reactive ketones (excluding diaryl/α,β-unsaturated/α-hetero) is 1. The van der Waals surface area contributed by atoms with Crippen molar-refractivity contribution >= 4 is 35.1 Å². The molecule has 6 heteroatoms. The highest BCUT2D eigenvalue weighted by Crippen LogP contribution is 2.23. The first kappa shape index (κ1) is 18.7. The van der Waals surface area contributed by atoms with E-state index in [1.54, 1.807) is 31.2 Å². The van der Waals surface area contributed by atoms with Crippen molar-refractivity contribution in [2.75, 3.05) is 11.9 Å². The van der Waals surface area contributed by atoms with Gasteiger partial charge >= 0.3 is 5.97 Å². The van der Waals surface area contributed by atoms with Crippen molar-refractivity contribution in [1.82, 2.24) is 0 Å². The molecule has 0 bridgehead atoms. The van der Waals surface area contributed by atoms with Gasteiger partial charge in [0.25, 0.3) is 5.91 Å². The minimum Gasteiger partial charge on any atom is -0.455 e. The molecule has 5 nitrogen and oxygen atoms in total. The Kier molecular flexibility index (Phi) is 6.77. The third-order valence-electron chi connectivity index (χ3n) is 3.29. The second kappa shape index (κ2) is 9.03. The van der Waals surface area contributed by atoms with Gasteiger partial charge in [-0.15, -0.1) is 11.8 Å². The molecule has 2 aromatic rings. The average molecular weight is 357 g/mol. The molecule has 1 atom stereocenters. The van der Waals surface area contributed by atoms with Crippen LogP contribution in [0.2, 0.25) is 0 Å². The predicted octanol–water partition coefficient (Wildman–Crippen LogP) is 3.55. The molecule has 1 amide bonds. The van der Waals surface area contributed by atoms with E-state index < -0.39 is 17.1 Å². The number of thioether (sulfide) groups is 1. The van der Waals surface area contributed by atoms with E-state index in [0.29, 0.717) is 11.3 Å². The lowest BCUT2D eigenvalue weighted by Gasteiger charge is -2.11. The Morgan fingerprint density at radius 2 is 1.80 bits per heavy atom. The number of amides is 1. The molecule has 0 fully saturated rings. The van der Waals surface area contributed by atoms with Gasteiger partial charge in [-0.2, -0.15) is 0 Å². The average Bonchev–Trinajstić information content (AvgIpc) is 2.60. The van der Waals surface area contributed by atoms with Gasteiger partial charge in [-0.1, -0.05) is 30.3 Å². The summed E-state index contributed by atoms with van der Waals surface area (Å²) in [4.78, 5) is 36.2. The van der Waals surface area contributed by atoms with Gasteiger partial charge in [0.2, 0.25) is 0 Å². The van der Waals surface area contributed by atoms with Gasteiger partial charge in [-0.25, -0.2) is 0 Å². The Hall–Kier alpha value is -2.60. The maximum Gasteiger partial charge on any atom is 0.319 e. The Balaban J connectivity index is 1.82. The number of hydrogen-bond donors (Lipinski definition) is 1. The third-order valence-corrected chi connectivity index (χ3v) is 4.38. The summed E-state index contributed by atoms with van der Waals surface area (Å²) in [6, 6.07) is 16.1. The van der Waals surface area contributed by atoms with E-state index in [9.17, 15) is 14.4 Å². The van der Waals surface area contributed by atoms with Crippen LogP contribution in [-0.4, -0.2) is 29.5 Å². The lowest BCUT2D eigenvalue weighted by Crippen LogP contribution is -2.24. The predicted molar refractivity (Wildman–Crippen MR) is 97.8 cm³/mol. The van der Waals surface area contributed by atoms with Gasteiger partial charge in [0.05, 0.1) is 0 Å². The third kappa shape index (κ3) is 6.08. The van der Waals surface area contributed by atoms with Crippen LogP contribution < -0.4 is 5.32 Å². The Morgan fingerprint density at radius 3 is 2.48 bits per heavy atom. The summed E-state index contributed by atoms with van der Waals surface area (Å²) in [6.45, 7) is 2.81. The Labute approximate surface area is 150 Å². The van der Waals surface area contributed by atoms with Crippen molar-refractivity contribution in [3.63, 3.8) is 0 Å². The molecule has 0 aliphatic heterocycles. The summed E-state index contributed by atoms with van der Waals surface area (Å²) in [5.41, 5.74) is 0.989. The molecule has 25 heavy (non-hydrogen) atoms. The summed E-state index contributed by atoms with van der Waals surface area (Å²) < 4.78 is 5.05. The van der Waals surface area contributed by atoms with Crippen LogP contribution in [0.5, 0.6) is 0 Å². The first-order valence-electron chi connectivity index (χ1n) is 7.75. The molecule has 0 aliphatic carbocycles. The number of rotatable bonds is 7. The standard InChI is InChI=1S/C19H19NO4S/c1-13(21)15-7-6-8-16(11-15)20-18(22)12-24-19(23)14(2)25-17-9-4-3-5-10-17/h3-11,14H,12H2,1-2H3,(H,20,22). The smallest absolute Gasteiger partial charge is 0.319 e. The summed E-state index contributed by atoms with van der Waals surface area (Å²) in [5.74, 6) is -0.998. The van der Waals surface area contributed by atoms with Crippen molar-refractivity contribution in [1.29, 1.82) is 0 Å². The number of carbonyl (C=O) groups excluding carboxylic acids is 3. The van der Waals surface area contributed by atoms with Gasteiger partial charge in [0.1, 0.15) is 5.25 Å². The van der Waals surface area contributed by atoms with Crippen LogP contribution in [-0.2, 0) is 14.3 Å². The number of ether oxygens (including phenoxy) is 1. The molecule has 0 saturated heterocycles. The quantitative estimate of drug-likeness (QED) is 0.466. The van der Waals surface area contributed by atoms with Gasteiger partial charge in [-0.3, -0.25) is 14.4 Å². The van der Waals surface area contributed by atoms with E-state index >= 15 is 0 Å². The molecule has 130 valence electrons. The number of ketones is 1. The maximum absolute atomic E-state index is 12.0. The highest BCUT2D eigenvalue weighted by molar-refractivity contribution is 8.00. The molecular formula is C19H19NO4S. The van der Waals surface area contributed by atoms with Crippen molar-refractivity contribution in [3.05, 3.63) is 60.2 Å². The van der Waals surface area contributed by atoms with Crippen LogP contribution in [0.1, 0.15) is 24.2 Å². The van der Waals surface area contributed by atoms with Crippen LogP contribution in [0, 0.1) is 0 Å². The second-order valence-corrected chi connectivity index (χ2v) is 6.78. The van der Waals surface area contributed by atoms with Crippen LogP contribution in [0.4, 0.5) is 5.69 Å². The van der Waals surface area contributed by atoms with Crippen molar-refractivity contribution in [2.24, 2.45) is 0 Å². The highest BCUT2D eigenvalue weighted by atomic mass is 32.2. The lowest BCUT2D eigenvalue weighted by molar-refractivity contribution is -0.146. The SMILES string of the molecule is CC(=O)c1cccc(NC(=O)COC(=O)C(C)Sc2ccccc2)c1.